The van der Waals surface area contributed by atoms with Crippen LogP contribution in [0.5, 0.6) is 5.75 Å². The largest absolute Gasteiger partial charge is 1.00 e. The molecule has 1 aliphatic carbocycles. The van der Waals surface area contributed by atoms with E-state index in [1.54, 1.807) is 0 Å². The number of rotatable bonds is 3. The third-order valence-electron chi connectivity index (χ3n) is 6.26. The van der Waals surface area contributed by atoms with Crippen LogP contribution in [-0.4, -0.2) is 24.7 Å². The van der Waals surface area contributed by atoms with E-state index in [9.17, 15) is 23.1 Å². The van der Waals surface area contributed by atoms with Crippen LogP contribution in [0.15, 0.2) is 48.5 Å². The maximum Gasteiger partial charge on any atom is 1.00 e. The molecular formula is C23H19F3NNaO3. The molecule has 0 unspecified atom stereocenters. The van der Waals surface area contributed by atoms with Gasteiger partial charge in [0.1, 0.15) is 11.4 Å². The minimum atomic E-state index is -4.43. The predicted octanol–water partition coefficient (Wildman–Crippen LogP) is 0.642. The van der Waals surface area contributed by atoms with E-state index in [0.717, 1.165) is 48.2 Å². The Morgan fingerprint density at radius 3 is 2.48 bits per heavy atom. The summed E-state index contributed by atoms with van der Waals surface area (Å²) in [7, 11) is 0. The normalized spacial score (nSPS) is 19.3. The molecule has 4 nitrogen and oxygen atoms in total. The second kappa shape index (κ2) is 7.87. The van der Waals surface area contributed by atoms with Crippen LogP contribution < -0.4 is 44.3 Å². The van der Waals surface area contributed by atoms with Crippen molar-refractivity contribution in [2.45, 2.75) is 31.0 Å². The zero-order valence-corrected chi connectivity index (χ0v) is 19.0. The Bertz CT molecular complexity index is 1060. The SMILES string of the molecule is O=C([O-])C1CN(c2cccc(C3=CC4(CCC4)Oc4cc(C(F)(F)F)ccc43)c2)C1.[Na+]. The van der Waals surface area contributed by atoms with Gasteiger partial charge in [0.25, 0.3) is 0 Å². The van der Waals surface area contributed by atoms with Gasteiger partial charge in [0.05, 0.1) is 5.56 Å². The topological polar surface area (TPSA) is 52.6 Å². The molecule has 1 spiro atoms. The van der Waals surface area contributed by atoms with Gasteiger partial charge < -0.3 is 19.5 Å². The zero-order chi connectivity index (χ0) is 21.1. The molecule has 2 aromatic rings. The van der Waals surface area contributed by atoms with Gasteiger partial charge in [0, 0.05) is 36.2 Å². The number of carboxylic acid groups (broad SMARTS) is 1. The van der Waals surface area contributed by atoms with Crippen molar-refractivity contribution in [1.82, 2.24) is 0 Å². The molecule has 0 N–H and O–H groups in total. The Kier molecular flexibility index (Phi) is 5.65. The summed E-state index contributed by atoms with van der Waals surface area (Å²) in [6, 6.07) is 11.3. The first-order chi connectivity index (χ1) is 14.2. The summed E-state index contributed by atoms with van der Waals surface area (Å²) in [5, 5.41) is 11.0. The first kappa shape index (κ1) is 22.2. The molecule has 3 aliphatic rings. The van der Waals surface area contributed by atoms with Crippen molar-refractivity contribution in [1.29, 1.82) is 0 Å². The van der Waals surface area contributed by atoms with E-state index in [4.69, 9.17) is 4.74 Å². The maximum absolute atomic E-state index is 13.2. The van der Waals surface area contributed by atoms with Gasteiger partial charge in [0.2, 0.25) is 0 Å². The predicted molar refractivity (Wildman–Crippen MR) is 103 cm³/mol. The average molecular weight is 437 g/mol. The van der Waals surface area contributed by atoms with Gasteiger partial charge in [0.15, 0.2) is 0 Å². The fourth-order valence-electron chi connectivity index (χ4n) is 4.31. The molecule has 0 atom stereocenters. The number of carbonyl (C=O) groups excluding carboxylic acids is 1. The molecule has 2 heterocycles. The molecule has 5 rings (SSSR count). The molecular weight excluding hydrogens is 418 g/mol. The third-order valence-corrected chi connectivity index (χ3v) is 6.26. The molecule has 1 saturated heterocycles. The van der Waals surface area contributed by atoms with Crippen molar-refractivity contribution in [3.63, 3.8) is 0 Å². The molecule has 0 radical (unpaired) electrons. The Balaban J connectivity index is 0.00000231. The van der Waals surface area contributed by atoms with Crippen molar-refractivity contribution >= 4 is 17.2 Å². The number of carbonyl (C=O) groups is 1. The molecule has 2 aliphatic heterocycles. The smallest absolute Gasteiger partial charge is 0.550 e. The molecule has 31 heavy (non-hydrogen) atoms. The van der Waals surface area contributed by atoms with Gasteiger partial charge in [-0.3, -0.25) is 0 Å². The molecule has 1 saturated carbocycles. The fraction of sp³-hybridized carbons (Fsp3) is 0.348. The molecule has 0 aromatic heterocycles. The number of halogens is 3. The van der Waals surface area contributed by atoms with Crippen molar-refractivity contribution in [2.75, 3.05) is 18.0 Å². The molecule has 2 fully saturated rings. The van der Waals surface area contributed by atoms with Crippen LogP contribution >= 0.6 is 0 Å². The van der Waals surface area contributed by atoms with E-state index >= 15 is 0 Å². The summed E-state index contributed by atoms with van der Waals surface area (Å²) in [6.45, 7) is 0.785. The van der Waals surface area contributed by atoms with Crippen molar-refractivity contribution < 1.29 is 57.4 Å². The van der Waals surface area contributed by atoms with Gasteiger partial charge in [-0.1, -0.05) is 18.2 Å². The number of carboxylic acids is 1. The van der Waals surface area contributed by atoms with Crippen molar-refractivity contribution in [3.8, 4) is 5.75 Å². The van der Waals surface area contributed by atoms with E-state index in [2.05, 4.69) is 0 Å². The number of anilines is 1. The van der Waals surface area contributed by atoms with Crippen LogP contribution in [0.4, 0.5) is 18.9 Å². The van der Waals surface area contributed by atoms with Gasteiger partial charge >= 0.3 is 35.7 Å². The van der Waals surface area contributed by atoms with Gasteiger partial charge in [-0.25, -0.2) is 0 Å². The van der Waals surface area contributed by atoms with Gasteiger partial charge in [-0.2, -0.15) is 13.2 Å². The molecule has 0 bridgehead atoms. The monoisotopic (exact) mass is 437 g/mol. The summed E-state index contributed by atoms with van der Waals surface area (Å²) in [5.74, 6) is -1.26. The van der Waals surface area contributed by atoms with E-state index in [0.29, 0.717) is 18.7 Å². The van der Waals surface area contributed by atoms with Crippen LogP contribution in [0, 0.1) is 5.92 Å². The Hall–Kier alpha value is -1.96. The second-order valence-corrected chi connectivity index (χ2v) is 8.26. The summed E-state index contributed by atoms with van der Waals surface area (Å²) in [5.41, 5.74) is 1.96. The van der Waals surface area contributed by atoms with Crippen LogP contribution in [0.2, 0.25) is 0 Å². The Morgan fingerprint density at radius 1 is 1.13 bits per heavy atom. The summed E-state index contributed by atoms with van der Waals surface area (Å²) in [4.78, 5) is 12.9. The Labute approximate surface area is 200 Å². The first-order valence-corrected chi connectivity index (χ1v) is 9.94. The number of benzene rings is 2. The number of ether oxygens (including phenoxy) is 1. The number of hydrogen-bond acceptors (Lipinski definition) is 4. The van der Waals surface area contributed by atoms with Gasteiger partial charge in [-0.05, 0) is 60.7 Å². The zero-order valence-electron chi connectivity index (χ0n) is 17.0. The minimum Gasteiger partial charge on any atom is -0.550 e. The van der Waals surface area contributed by atoms with Crippen LogP contribution in [-0.2, 0) is 11.0 Å². The number of aliphatic carboxylic acids is 1. The van der Waals surface area contributed by atoms with E-state index < -0.39 is 29.2 Å². The number of nitrogens with zero attached hydrogens (tertiary/aromatic N) is 1. The van der Waals surface area contributed by atoms with Crippen LogP contribution in [0.3, 0.4) is 0 Å². The van der Waals surface area contributed by atoms with Crippen molar-refractivity contribution in [3.05, 3.63) is 65.2 Å². The summed E-state index contributed by atoms with van der Waals surface area (Å²) < 4.78 is 45.7. The molecule has 156 valence electrons. The summed E-state index contributed by atoms with van der Waals surface area (Å²) >= 11 is 0. The summed E-state index contributed by atoms with van der Waals surface area (Å²) in [6.07, 6.45) is 0.109. The quantitative estimate of drug-likeness (QED) is 0.662. The molecule has 8 heteroatoms. The third kappa shape index (κ3) is 3.99. The van der Waals surface area contributed by atoms with E-state index in [-0.39, 0.29) is 35.3 Å². The van der Waals surface area contributed by atoms with Crippen LogP contribution in [0.25, 0.3) is 5.57 Å². The minimum absolute atomic E-state index is 0. The second-order valence-electron chi connectivity index (χ2n) is 8.26. The molecule has 2 aromatic carbocycles. The fourth-order valence-corrected chi connectivity index (χ4v) is 4.31. The molecule has 0 amide bonds. The van der Waals surface area contributed by atoms with Gasteiger partial charge in [-0.15, -0.1) is 0 Å². The number of alkyl halides is 3. The average Bonchev–Trinajstić information content (AvgIpc) is 2.63. The Morgan fingerprint density at radius 2 is 1.87 bits per heavy atom. The standard InChI is InChI=1S/C23H20F3NO3.Na/c24-23(25,26)16-5-6-18-19(11-22(7-2-8-22)30-20(18)10-16)14-3-1-4-17(9-14)27-12-15(13-27)21(28)29;/h1,3-6,9-11,15H,2,7-8,12-13H2,(H,28,29);/q;+1/p-1. The maximum atomic E-state index is 13.2. The van der Waals surface area contributed by atoms with Crippen LogP contribution in [0.1, 0.15) is 36.0 Å². The van der Waals surface area contributed by atoms with E-state index in [1.807, 2.05) is 35.2 Å². The van der Waals surface area contributed by atoms with Crippen molar-refractivity contribution in [2.24, 2.45) is 5.92 Å². The first-order valence-electron chi connectivity index (χ1n) is 9.94. The van der Waals surface area contributed by atoms with E-state index in [1.165, 1.54) is 6.07 Å². The number of hydrogen-bond donors (Lipinski definition) is 0. The number of fused-ring (bicyclic) bond motifs is 1.